The highest BCUT2D eigenvalue weighted by Crippen LogP contribution is 2.26. The van der Waals surface area contributed by atoms with Gasteiger partial charge < -0.3 is 15.6 Å². The highest BCUT2D eigenvalue weighted by molar-refractivity contribution is 7.89. The summed E-state index contributed by atoms with van der Waals surface area (Å²) in [4.78, 5) is -0.0585. The molecule has 1 aliphatic rings. The van der Waals surface area contributed by atoms with Crippen LogP contribution in [0.2, 0.25) is 0 Å². The Morgan fingerprint density at radius 1 is 1.55 bits per heavy atom. The summed E-state index contributed by atoms with van der Waals surface area (Å²) in [5.41, 5.74) is 6.04. The Morgan fingerprint density at radius 3 is 2.90 bits per heavy atom. The Labute approximate surface area is 117 Å². The van der Waals surface area contributed by atoms with E-state index in [1.807, 2.05) is 6.07 Å². The molecular formula is C12H15N3O4S. The number of hydrogen-bond acceptors (Lipinski definition) is 6. The van der Waals surface area contributed by atoms with Crippen LogP contribution in [0, 0.1) is 11.3 Å². The zero-order valence-corrected chi connectivity index (χ0v) is 11.5. The molecule has 108 valence electrons. The van der Waals surface area contributed by atoms with Crippen LogP contribution in [0.1, 0.15) is 5.56 Å². The van der Waals surface area contributed by atoms with Gasteiger partial charge in [-0.2, -0.15) is 9.57 Å². The fraction of sp³-hybridized carbons (Fsp3) is 0.417. The molecule has 2 rings (SSSR count). The lowest BCUT2D eigenvalue weighted by Gasteiger charge is -2.33. The zero-order chi connectivity index (χ0) is 14.8. The number of rotatable bonds is 3. The van der Waals surface area contributed by atoms with Crippen molar-refractivity contribution in [2.24, 2.45) is 0 Å². The molecule has 0 amide bonds. The molecule has 0 bridgehead atoms. The maximum atomic E-state index is 12.6. The van der Waals surface area contributed by atoms with Crippen molar-refractivity contribution in [3.63, 3.8) is 0 Å². The first-order chi connectivity index (χ1) is 9.50. The second-order valence-corrected chi connectivity index (χ2v) is 6.25. The van der Waals surface area contributed by atoms with Gasteiger partial charge in [0, 0.05) is 6.54 Å². The van der Waals surface area contributed by atoms with Gasteiger partial charge in [-0.25, -0.2) is 8.42 Å². The number of nitrogen functional groups attached to an aromatic ring is 1. The second kappa shape index (κ2) is 5.76. The molecular weight excluding hydrogens is 282 g/mol. The molecule has 1 atom stereocenters. The van der Waals surface area contributed by atoms with Gasteiger partial charge in [-0.1, -0.05) is 0 Å². The van der Waals surface area contributed by atoms with E-state index in [0.717, 1.165) is 0 Å². The minimum Gasteiger partial charge on any atom is -0.398 e. The molecule has 1 aromatic carbocycles. The average molecular weight is 297 g/mol. The molecule has 0 aromatic heterocycles. The Morgan fingerprint density at radius 2 is 2.30 bits per heavy atom. The van der Waals surface area contributed by atoms with Crippen molar-refractivity contribution in [2.75, 3.05) is 32.1 Å². The van der Waals surface area contributed by atoms with E-state index < -0.39 is 16.1 Å². The summed E-state index contributed by atoms with van der Waals surface area (Å²) in [6.45, 7) is 0.250. The molecule has 1 saturated heterocycles. The van der Waals surface area contributed by atoms with Crippen molar-refractivity contribution in [1.82, 2.24) is 4.31 Å². The molecule has 1 heterocycles. The number of ether oxygens (including phenoxy) is 1. The van der Waals surface area contributed by atoms with Crippen LogP contribution >= 0.6 is 0 Å². The summed E-state index contributed by atoms with van der Waals surface area (Å²) < 4.78 is 31.5. The predicted octanol–water partition coefficient (Wildman–Crippen LogP) is -0.478. The molecule has 20 heavy (non-hydrogen) atoms. The lowest BCUT2D eigenvalue weighted by Crippen LogP contribution is -2.50. The summed E-state index contributed by atoms with van der Waals surface area (Å²) in [6.07, 6.45) is 0. The molecule has 1 aliphatic heterocycles. The topological polar surface area (TPSA) is 117 Å². The second-order valence-electron chi connectivity index (χ2n) is 4.39. The maximum absolute atomic E-state index is 12.6. The van der Waals surface area contributed by atoms with E-state index in [1.165, 1.54) is 22.5 Å². The molecule has 8 heteroatoms. The first-order valence-electron chi connectivity index (χ1n) is 6.00. The Hall–Kier alpha value is -1.66. The largest absolute Gasteiger partial charge is 0.398 e. The SMILES string of the molecule is N#Cc1ccc(S(=O)(=O)N2CCOCC2CO)c(N)c1. The number of benzene rings is 1. The van der Waals surface area contributed by atoms with E-state index >= 15 is 0 Å². The normalized spacial score (nSPS) is 20.5. The third-order valence-electron chi connectivity index (χ3n) is 3.11. The average Bonchev–Trinajstić information content (AvgIpc) is 2.46. The number of aliphatic hydroxyl groups is 1. The number of nitrogens with two attached hydrogens (primary N) is 1. The molecule has 0 saturated carbocycles. The molecule has 0 aliphatic carbocycles. The number of aliphatic hydroxyl groups excluding tert-OH is 1. The first-order valence-corrected chi connectivity index (χ1v) is 7.44. The molecule has 0 spiro atoms. The summed E-state index contributed by atoms with van der Waals surface area (Å²) in [6, 6.07) is 5.31. The van der Waals surface area contributed by atoms with Gasteiger partial charge in [-0.3, -0.25) is 0 Å². The summed E-state index contributed by atoms with van der Waals surface area (Å²) >= 11 is 0. The van der Waals surface area contributed by atoms with Crippen LogP contribution in [0.4, 0.5) is 5.69 Å². The van der Waals surface area contributed by atoms with Gasteiger partial charge in [0.2, 0.25) is 10.0 Å². The van der Waals surface area contributed by atoms with Crippen LogP contribution < -0.4 is 5.73 Å². The highest BCUT2D eigenvalue weighted by atomic mass is 32.2. The number of nitriles is 1. The van der Waals surface area contributed by atoms with Crippen molar-refractivity contribution >= 4 is 15.7 Å². The van der Waals surface area contributed by atoms with Gasteiger partial charge in [0.15, 0.2) is 0 Å². The highest BCUT2D eigenvalue weighted by Gasteiger charge is 2.34. The first kappa shape index (κ1) is 14.7. The molecule has 1 unspecified atom stereocenters. The monoisotopic (exact) mass is 297 g/mol. The van der Waals surface area contributed by atoms with Crippen LogP contribution in [0.25, 0.3) is 0 Å². The van der Waals surface area contributed by atoms with Crippen molar-refractivity contribution < 1.29 is 18.3 Å². The molecule has 0 radical (unpaired) electrons. The van der Waals surface area contributed by atoms with Gasteiger partial charge >= 0.3 is 0 Å². The smallest absolute Gasteiger partial charge is 0.245 e. The number of anilines is 1. The molecule has 1 fully saturated rings. The standard InChI is InChI=1S/C12H15N3O4S/c13-6-9-1-2-12(11(14)5-9)20(17,18)15-3-4-19-8-10(15)7-16/h1-2,5,10,16H,3-4,7-8,14H2. The van der Waals surface area contributed by atoms with Gasteiger partial charge in [0.25, 0.3) is 0 Å². The summed E-state index contributed by atoms with van der Waals surface area (Å²) in [7, 11) is -3.82. The van der Waals surface area contributed by atoms with E-state index in [0.29, 0.717) is 5.56 Å². The van der Waals surface area contributed by atoms with Crippen LogP contribution in [0.3, 0.4) is 0 Å². The lowest BCUT2D eigenvalue weighted by molar-refractivity contribution is 0.0109. The van der Waals surface area contributed by atoms with Crippen molar-refractivity contribution in [1.29, 1.82) is 5.26 Å². The van der Waals surface area contributed by atoms with Crippen molar-refractivity contribution in [3.8, 4) is 6.07 Å². The van der Waals surface area contributed by atoms with Crippen molar-refractivity contribution in [3.05, 3.63) is 23.8 Å². The predicted molar refractivity (Wildman–Crippen MR) is 71.2 cm³/mol. The van der Waals surface area contributed by atoms with E-state index in [2.05, 4.69) is 0 Å². The minimum atomic E-state index is -3.82. The van der Waals surface area contributed by atoms with E-state index in [-0.39, 0.29) is 36.9 Å². The molecule has 1 aromatic rings. The van der Waals surface area contributed by atoms with Gasteiger partial charge in [-0.15, -0.1) is 0 Å². The van der Waals surface area contributed by atoms with E-state index in [4.69, 9.17) is 15.7 Å². The summed E-state index contributed by atoms with van der Waals surface area (Å²) in [5.74, 6) is 0. The van der Waals surface area contributed by atoms with Crippen LogP contribution in [-0.2, 0) is 14.8 Å². The van der Waals surface area contributed by atoms with Crippen LogP contribution in [-0.4, -0.2) is 50.2 Å². The summed E-state index contributed by atoms with van der Waals surface area (Å²) in [5, 5.41) is 18.0. The van der Waals surface area contributed by atoms with Crippen LogP contribution in [0.15, 0.2) is 23.1 Å². The zero-order valence-electron chi connectivity index (χ0n) is 10.7. The maximum Gasteiger partial charge on any atom is 0.245 e. The number of morpholine rings is 1. The molecule has 3 N–H and O–H groups in total. The number of sulfonamides is 1. The number of hydrogen-bond donors (Lipinski definition) is 2. The lowest BCUT2D eigenvalue weighted by atomic mass is 10.2. The fourth-order valence-corrected chi connectivity index (χ4v) is 3.76. The van der Waals surface area contributed by atoms with E-state index in [9.17, 15) is 13.5 Å². The Kier molecular flexibility index (Phi) is 4.25. The van der Waals surface area contributed by atoms with Gasteiger partial charge in [0.05, 0.1) is 43.2 Å². The Bertz CT molecular complexity index is 639. The number of nitrogens with zero attached hydrogens (tertiary/aromatic N) is 2. The fourth-order valence-electron chi connectivity index (χ4n) is 2.08. The Balaban J connectivity index is 2.42. The quantitative estimate of drug-likeness (QED) is 0.728. The van der Waals surface area contributed by atoms with Gasteiger partial charge in [0.1, 0.15) is 4.90 Å². The van der Waals surface area contributed by atoms with Crippen molar-refractivity contribution in [2.45, 2.75) is 10.9 Å². The van der Waals surface area contributed by atoms with Crippen LogP contribution in [0.5, 0.6) is 0 Å². The van der Waals surface area contributed by atoms with E-state index in [1.54, 1.807) is 0 Å². The third-order valence-corrected chi connectivity index (χ3v) is 5.14. The van der Waals surface area contributed by atoms with Gasteiger partial charge in [-0.05, 0) is 18.2 Å². The minimum absolute atomic E-state index is 0.0206. The molecule has 7 nitrogen and oxygen atoms in total. The third kappa shape index (κ3) is 2.62.